The van der Waals surface area contributed by atoms with Crippen LogP contribution in [0.4, 0.5) is 5.69 Å². The van der Waals surface area contributed by atoms with E-state index in [1.165, 1.54) is 16.7 Å². The highest BCUT2D eigenvalue weighted by Gasteiger charge is 2.38. The number of rotatable bonds is 5. The molecule has 0 aromatic heterocycles. The van der Waals surface area contributed by atoms with E-state index in [4.69, 9.17) is 0 Å². The predicted octanol–water partition coefficient (Wildman–Crippen LogP) is 4.80. The van der Waals surface area contributed by atoms with Crippen molar-refractivity contribution in [2.45, 2.75) is 57.4 Å². The molecular weight excluding hydrogens is 344 g/mol. The topological polar surface area (TPSA) is 23.6 Å². The minimum Gasteiger partial charge on any atom is -0.307 e. The molecule has 2 aromatic rings. The molecule has 0 bridgehead atoms. The van der Waals surface area contributed by atoms with Crippen molar-refractivity contribution >= 4 is 11.6 Å². The van der Waals surface area contributed by atoms with Gasteiger partial charge < -0.3 is 9.80 Å². The number of benzene rings is 2. The van der Waals surface area contributed by atoms with Crippen molar-refractivity contribution in [2.24, 2.45) is 0 Å². The largest absolute Gasteiger partial charge is 0.307 e. The van der Waals surface area contributed by atoms with Crippen molar-refractivity contribution in [3.05, 3.63) is 65.2 Å². The van der Waals surface area contributed by atoms with Gasteiger partial charge in [0.05, 0.1) is 0 Å². The van der Waals surface area contributed by atoms with Gasteiger partial charge in [0.15, 0.2) is 0 Å². The van der Waals surface area contributed by atoms with Gasteiger partial charge in [0.2, 0.25) is 5.91 Å². The van der Waals surface area contributed by atoms with Gasteiger partial charge in [-0.15, -0.1) is 0 Å². The fourth-order valence-electron chi connectivity index (χ4n) is 4.89. The molecule has 2 aliphatic rings. The third-order valence-electron chi connectivity index (χ3n) is 6.47. The van der Waals surface area contributed by atoms with Crippen LogP contribution in [0.25, 0.3) is 0 Å². The lowest BCUT2D eigenvalue weighted by molar-refractivity contribution is -0.119. The van der Waals surface area contributed by atoms with Crippen LogP contribution < -0.4 is 4.90 Å². The van der Waals surface area contributed by atoms with Crippen LogP contribution in [0.3, 0.4) is 0 Å². The highest BCUT2D eigenvalue weighted by molar-refractivity contribution is 5.96. The number of fused-ring (bicyclic) bond motifs is 1. The summed E-state index contributed by atoms with van der Waals surface area (Å²) in [6, 6.07) is 17.1. The van der Waals surface area contributed by atoms with Gasteiger partial charge in [-0.3, -0.25) is 4.79 Å². The fourth-order valence-corrected chi connectivity index (χ4v) is 4.89. The second-order valence-electron chi connectivity index (χ2n) is 9.14. The molecule has 0 N–H and O–H groups in total. The molecule has 0 unspecified atom stereocenters. The summed E-state index contributed by atoms with van der Waals surface area (Å²) in [5.41, 5.74) is 5.23. The van der Waals surface area contributed by atoms with Gasteiger partial charge in [0.25, 0.3) is 0 Å². The van der Waals surface area contributed by atoms with Crippen LogP contribution in [0.5, 0.6) is 0 Å². The Morgan fingerprint density at radius 2 is 1.82 bits per heavy atom. The Morgan fingerprint density at radius 1 is 1.07 bits per heavy atom. The number of likely N-dealkylation sites (N-methyl/N-ethyl adjacent to an activating group) is 1. The molecule has 0 saturated carbocycles. The molecule has 3 heteroatoms. The van der Waals surface area contributed by atoms with E-state index < -0.39 is 0 Å². The maximum absolute atomic E-state index is 13.3. The van der Waals surface area contributed by atoms with Crippen molar-refractivity contribution < 1.29 is 4.79 Å². The van der Waals surface area contributed by atoms with Gasteiger partial charge in [-0.05, 0) is 69.3 Å². The Kier molecular flexibility index (Phi) is 5.29. The second-order valence-corrected chi connectivity index (χ2v) is 9.14. The molecule has 1 saturated heterocycles. The molecule has 148 valence electrons. The molecule has 28 heavy (non-hydrogen) atoms. The number of anilines is 1. The van der Waals surface area contributed by atoms with Crippen LogP contribution in [0, 0.1) is 0 Å². The van der Waals surface area contributed by atoms with Crippen molar-refractivity contribution in [1.29, 1.82) is 0 Å². The maximum Gasteiger partial charge on any atom is 0.227 e. The summed E-state index contributed by atoms with van der Waals surface area (Å²) in [5, 5.41) is 0. The molecule has 0 aliphatic carbocycles. The van der Waals surface area contributed by atoms with E-state index in [0.29, 0.717) is 12.3 Å². The van der Waals surface area contributed by atoms with Crippen LogP contribution in [0.15, 0.2) is 48.5 Å². The zero-order valence-corrected chi connectivity index (χ0v) is 17.4. The van der Waals surface area contributed by atoms with Crippen molar-refractivity contribution in [3.8, 4) is 0 Å². The first kappa shape index (κ1) is 19.2. The summed E-state index contributed by atoms with van der Waals surface area (Å²) in [6.07, 6.45) is 4.57. The lowest BCUT2D eigenvalue weighted by Crippen LogP contribution is -2.51. The number of aryl methyl sites for hydroxylation is 1. The third kappa shape index (κ3) is 3.73. The number of likely N-dealkylation sites (tertiary alicyclic amines) is 1. The van der Waals surface area contributed by atoms with Gasteiger partial charge in [0, 0.05) is 36.7 Å². The van der Waals surface area contributed by atoms with Crippen molar-refractivity contribution in [1.82, 2.24) is 4.90 Å². The fraction of sp³-hybridized carbons (Fsp3) is 0.480. The van der Waals surface area contributed by atoms with E-state index in [1.807, 2.05) is 6.07 Å². The zero-order valence-electron chi connectivity index (χ0n) is 17.4. The van der Waals surface area contributed by atoms with Crippen LogP contribution in [-0.4, -0.2) is 36.5 Å². The van der Waals surface area contributed by atoms with E-state index in [2.05, 4.69) is 73.2 Å². The van der Waals surface area contributed by atoms with Crippen LogP contribution in [0.2, 0.25) is 0 Å². The van der Waals surface area contributed by atoms with E-state index >= 15 is 0 Å². The standard InChI is InChI=1S/C25H32N2O/c1-25(2)16-15-22-21(20-17-26(3)18-20)12-8-13-23(22)27(25)24(28)14-7-11-19-9-5-4-6-10-19/h4-6,8-10,12-13,20H,7,11,14-18H2,1-3H3. The number of carbonyl (C=O) groups is 1. The van der Waals surface area contributed by atoms with E-state index in [1.54, 1.807) is 0 Å². The number of hydrogen-bond acceptors (Lipinski definition) is 2. The minimum absolute atomic E-state index is 0.119. The van der Waals surface area contributed by atoms with Crippen molar-refractivity contribution in [3.63, 3.8) is 0 Å². The summed E-state index contributed by atoms with van der Waals surface area (Å²) in [4.78, 5) is 17.8. The van der Waals surface area contributed by atoms with Gasteiger partial charge >= 0.3 is 0 Å². The summed E-state index contributed by atoms with van der Waals surface area (Å²) < 4.78 is 0. The smallest absolute Gasteiger partial charge is 0.227 e. The van der Waals surface area contributed by atoms with Gasteiger partial charge in [-0.2, -0.15) is 0 Å². The van der Waals surface area contributed by atoms with E-state index in [-0.39, 0.29) is 11.4 Å². The lowest BCUT2D eigenvalue weighted by atomic mass is 9.80. The predicted molar refractivity (Wildman–Crippen MR) is 116 cm³/mol. The third-order valence-corrected chi connectivity index (χ3v) is 6.47. The minimum atomic E-state index is -0.119. The number of hydrogen-bond donors (Lipinski definition) is 0. The number of nitrogens with zero attached hydrogens (tertiary/aromatic N) is 2. The second kappa shape index (κ2) is 7.71. The first-order chi connectivity index (χ1) is 13.5. The van der Waals surface area contributed by atoms with E-state index in [9.17, 15) is 4.79 Å². The Bertz CT molecular complexity index is 837. The Hall–Kier alpha value is -2.13. The first-order valence-electron chi connectivity index (χ1n) is 10.6. The summed E-state index contributed by atoms with van der Waals surface area (Å²) in [6.45, 7) is 6.69. The van der Waals surface area contributed by atoms with E-state index in [0.717, 1.165) is 44.5 Å². The van der Waals surface area contributed by atoms with Crippen LogP contribution in [0.1, 0.15) is 55.7 Å². The first-order valence-corrected chi connectivity index (χ1v) is 10.6. The molecule has 3 nitrogen and oxygen atoms in total. The lowest BCUT2D eigenvalue weighted by Gasteiger charge is -2.46. The van der Waals surface area contributed by atoms with Crippen LogP contribution >= 0.6 is 0 Å². The Labute approximate surface area is 169 Å². The zero-order chi connectivity index (χ0) is 19.7. The maximum atomic E-state index is 13.3. The Balaban J connectivity index is 1.53. The molecule has 0 spiro atoms. The highest BCUT2D eigenvalue weighted by Crippen LogP contribution is 2.42. The SMILES string of the molecule is CN1CC(c2cccc3c2CCC(C)(C)N3C(=O)CCCc2ccccc2)C1. The van der Waals surface area contributed by atoms with Gasteiger partial charge in [0.1, 0.15) is 0 Å². The molecular formula is C25H32N2O. The number of carbonyl (C=O) groups excluding carboxylic acids is 1. The Morgan fingerprint density at radius 3 is 2.54 bits per heavy atom. The monoisotopic (exact) mass is 376 g/mol. The summed E-state index contributed by atoms with van der Waals surface area (Å²) in [5.74, 6) is 0.890. The molecule has 2 aliphatic heterocycles. The average molecular weight is 377 g/mol. The molecule has 0 radical (unpaired) electrons. The quantitative estimate of drug-likeness (QED) is 0.749. The molecule has 2 aromatic carbocycles. The molecule has 1 amide bonds. The molecule has 2 heterocycles. The number of amides is 1. The highest BCUT2D eigenvalue weighted by atomic mass is 16.2. The molecule has 1 fully saturated rings. The molecule has 4 rings (SSSR count). The normalized spacial score (nSPS) is 19.2. The average Bonchev–Trinajstić information content (AvgIpc) is 2.65. The van der Waals surface area contributed by atoms with Gasteiger partial charge in [-0.25, -0.2) is 0 Å². The summed E-state index contributed by atoms with van der Waals surface area (Å²) in [7, 11) is 2.18. The summed E-state index contributed by atoms with van der Waals surface area (Å²) >= 11 is 0. The van der Waals surface area contributed by atoms with Crippen LogP contribution in [-0.2, 0) is 17.6 Å². The molecule has 0 atom stereocenters. The van der Waals surface area contributed by atoms with Crippen molar-refractivity contribution in [2.75, 3.05) is 25.0 Å². The van der Waals surface area contributed by atoms with Gasteiger partial charge in [-0.1, -0.05) is 42.5 Å².